The van der Waals surface area contributed by atoms with E-state index in [0.29, 0.717) is 6.04 Å². The van der Waals surface area contributed by atoms with Crippen LogP contribution < -0.4 is 10.1 Å². The lowest BCUT2D eigenvalue weighted by atomic mass is 9.95. The van der Waals surface area contributed by atoms with Gasteiger partial charge in [0.25, 0.3) is 0 Å². The molecule has 1 unspecified atom stereocenters. The van der Waals surface area contributed by atoms with E-state index in [0.717, 1.165) is 25.3 Å². The van der Waals surface area contributed by atoms with Gasteiger partial charge in [0.05, 0.1) is 6.61 Å². The summed E-state index contributed by atoms with van der Waals surface area (Å²) >= 11 is 0. The number of benzene rings is 1. The Balaban J connectivity index is 2.30. The molecule has 2 rings (SSSR count). The van der Waals surface area contributed by atoms with E-state index in [1.54, 1.807) is 0 Å². The van der Waals surface area contributed by atoms with E-state index in [1.165, 1.54) is 23.1 Å². The minimum Gasteiger partial charge on any atom is -0.493 e. The van der Waals surface area contributed by atoms with Gasteiger partial charge in [-0.25, -0.2) is 0 Å². The van der Waals surface area contributed by atoms with Crippen molar-refractivity contribution in [1.82, 2.24) is 5.32 Å². The standard InChI is InChI=1S/C14H21NO/c1-4-6-15-13-5-7-16-14-11(3)8-10(2)9-12(13)14/h8-9,13,15H,4-7H2,1-3H3. The zero-order valence-corrected chi connectivity index (χ0v) is 10.5. The fraction of sp³-hybridized carbons (Fsp3) is 0.571. The van der Waals surface area contributed by atoms with Gasteiger partial charge in [0.2, 0.25) is 0 Å². The maximum Gasteiger partial charge on any atom is 0.126 e. The second-order valence-electron chi connectivity index (χ2n) is 4.64. The van der Waals surface area contributed by atoms with Crippen LogP contribution in [0.3, 0.4) is 0 Å². The van der Waals surface area contributed by atoms with Crippen LogP contribution in [0.25, 0.3) is 0 Å². The molecule has 1 heterocycles. The summed E-state index contributed by atoms with van der Waals surface area (Å²) in [5.74, 6) is 1.10. The molecule has 1 N–H and O–H groups in total. The molecule has 1 aliphatic rings. The molecule has 1 aliphatic heterocycles. The highest BCUT2D eigenvalue weighted by Gasteiger charge is 2.22. The fourth-order valence-corrected chi connectivity index (χ4v) is 2.41. The van der Waals surface area contributed by atoms with Gasteiger partial charge in [-0.05, 0) is 32.4 Å². The molecule has 0 radical (unpaired) electrons. The molecule has 0 amide bonds. The van der Waals surface area contributed by atoms with Gasteiger partial charge in [-0.1, -0.05) is 24.6 Å². The van der Waals surface area contributed by atoms with Crippen LogP contribution in [0.4, 0.5) is 0 Å². The molecule has 0 saturated carbocycles. The first-order chi connectivity index (χ1) is 7.72. The Kier molecular flexibility index (Phi) is 3.49. The molecular weight excluding hydrogens is 198 g/mol. The van der Waals surface area contributed by atoms with E-state index < -0.39 is 0 Å². The van der Waals surface area contributed by atoms with Crippen molar-refractivity contribution in [2.75, 3.05) is 13.2 Å². The number of fused-ring (bicyclic) bond motifs is 1. The highest BCUT2D eigenvalue weighted by molar-refractivity contribution is 5.46. The second-order valence-corrected chi connectivity index (χ2v) is 4.64. The first-order valence-electron chi connectivity index (χ1n) is 6.19. The van der Waals surface area contributed by atoms with Crippen LogP contribution in [-0.4, -0.2) is 13.2 Å². The number of ether oxygens (including phenoxy) is 1. The van der Waals surface area contributed by atoms with Crippen molar-refractivity contribution < 1.29 is 4.74 Å². The molecule has 0 saturated heterocycles. The van der Waals surface area contributed by atoms with Crippen LogP contribution in [0.5, 0.6) is 5.75 Å². The quantitative estimate of drug-likeness (QED) is 0.843. The van der Waals surface area contributed by atoms with E-state index in [2.05, 4.69) is 38.2 Å². The van der Waals surface area contributed by atoms with Crippen molar-refractivity contribution in [2.24, 2.45) is 0 Å². The number of aryl methyl sites for hydroxylation is 2. The third-order valence-electron chi connectivity index (χ3n) is 3.12. The Morgan fingerprint density at radius 2 is 2.19 bits per heavy atom. The molecule has 2 nitrogen and oxygen atoms in total. The molecule has 16 heavy (non-hydrogen) atoms. The Morgan fingerprint density at radius 1 is 1.38 bits per heavy atom. The van der Waals surface area contributed by atoms with Gasteiger partial charge in [-0.2, -0.15) is 0 Å². The van der Waals surface area contributed by atoms with Crippen LogP contribution >= 0.6 is 0 Å². The monoisotopic (exact) mass is 219 g/mol. The normalized spacial score (nSPS) is 19.1. The lowest BCUT2D eigenvalue weighted by Crippen LogP contribution is -2.28. The molecule has 1 atom stereocenters. The summed E-state index contributed by atoms with van der Waals surface area (Å²) in [4.78, 5) is 0. The predicted octanol–water partition coefficient (Wildman–Crippen LogP) is 3.13. The van der Waals surface area contributed by atoms with Crippen molar-refractivity contribution >= 4 is 0 Å². The molecular formula is C14H21NO. The first-order valence-corrected chi connectivity index (χ1v) is 6.19. The zero-order chi connectivity index (χ0) is 11.5. The molecule has 88 valence electrons. The summed E-state index contributed by atoms with van der Waals surface area (Å²) in [6, 6.07) is 4.93. The first kappa shape index (κ1) is 11.5. The Bertz CT molecular complexity index is 373. The topological polar surface area (TPSA) is 21.3 Å². The Labute approximate surface area is 98.0 Å². The molecule has 0 spiro atoms. The summed E-state index contributed by atoms with van der Waals surface area (Å²) in [6.45, 7) is 8.40. The molecule has 0 bridgehead atoms. The molecule has 0 fully saturated rings. The Hall–Kier alpha value is -1.02. The third kappa shape index (κ3) is 2.22. The van der Waals surface area contributed by atoms with Crippen LogP contribution in [0.15, 0.2) is 12.1 Å². The summed E-state index contributed by atoms with van der Waals surface area (Å²) in [5, 5.41) is 3.60. The van der Waals surface area contributed by atoms with Gasteiger partial charge < -0.3 is 10.1 Å². The van der Waals surface area contributed by atoms with Gasteiger partial charge in [-0.3, -0.25) is 0 Å². The lowest BCUT2D eigenvalue weighted by Gasteiger charge is -2.28. The predicted molar refractivity (Wildman–Crippen MR) is 67.1 cm³/mol. The van der Waals surface area contributed by atoms with E-state index in [1.807, 2.05) is 0 Å². The second kappa shape index (κ2) is 4.88. The molecule has 0 aliphatic carbocycles. The van der Waals surface area contributed by atoms with Crippen LogP contribution in [0.2, 0.25) is 0 Å². The maximum absolute atomic E-state index is 5.78. The minimum absolute atomic E-state index is 0.474. The molecule has 2 heteroatoms. The van der Waals surface area contributed by atoms with Crippen LogP contribution in [0.1, 0.15) is 42.5 Å². The molecule has 0 aromatic heterocycles. The van der Waals surface area contributed by atoms with E-state index in [4.69, 9.17) is 4.74 Å². The average Bonchev–Trinajstić information content (AvgIpc) is 2.26. The third-order valence-corrected chi connectivity index (χ3v) is 3.12. The van der Waals surface area contributed by atoms with Crippen LogP contribution in [0, 0.1) is 13.8 Å². The summed E-state index contributed by atoms with van der Waals surface area (Å²) in [7, 11) is 0. The number of hydrogen-bond donors (Lipinski definition) is 1. The van der Waals surface area contributed by atoms with Crippen molar-refractivity contribution in [2.45, 2.75) is 39.7 Å². The van der Waals surface area contributed by atoms with Crippen LogP contribution in [-0.2, 0) is 0 Å². The van der Waals surface area contributed by atoms with E-state index >= 15 is 0 Å². The molecule has 1 aromatic rings. The Morgan fingerprint density at radius 3 is 2.94 bits per heavy atom. The SMILES string of the molecule is CCCNC1CCOc2c(C)cc(C)cc21. The van der Waals surface area contributed by atoms with E-state index in [9.17, 15) is 0 Å². The lowest BCUT2D eigenvalue weighted by molar-refractivity contribution is 0.251. The number of rotatable bonds is 3. The van der Waals surface area contributed by atoms with Crippen molar-refractivity contribution in [3.8, 4) is 5.75 Å². The average molecular weight is 219 g/mol. The van der Waals surface area contributed by atoms with Gasteiger partial charge in [-0.15, -0.1) is 0 Å². The van der Waals surface area contributed by atoms with Gasteiger partial charge in [0, 0.05) is 18.0 Å². The van der Waals surface area contributed by atoms with Gasteiger partial charge in [0.15, 0.2) is 0 Å². The van der Waals surface area contributed by atoms with Crippen molar-refractivity contribution in [1.29, 1.82) is 0 Å². The zero-order valence-electron chi connectivity index (χ0n) is 10.5. The highest BCUT2D eigenvalue weighted by Crippen LogP contribution is 2.35. The smallest absolute Gasteiger partial charge is 0.126 e. The van der Waals surface area contributed by atoms with Gasteiger partial charge >= 0.3 is 0 Å². The van der Waals surface area contributed by atoms with Crippen molar-refractivity contribution in [3.63, 3.8) is 0 Å². The number of hydrogen-bond acceptors (Lipinski definition) is 2. The largest absolute Gasteiger partial charge is 0.493 e. The van der Waals surface area contributed by atoms with E-state index in [-0.39, 0.29) is 0 Å². The highest BCUT2D eigenvalue weighted by atomic mass is 16.5. The number of nitrogens with one attached hydrogen (secondary N) is 1. The fourth-order valence-electron chi connectivity index (χ4n) is 2.41. The molecule has 1 aromatic carbocycles. The van der Waals surface area contributed by atoms with Gasteiger partial charge in [0.1, 0.15) is 5.75 Å². The summed E-state index contributed by atoms with van der Waals surface area (Å²) < 4.78 is 5.78. The summed E-state index contributed by atoms with van der Waals surface area (Å²) in [5.41, 5.74) is 3.93. The minimum atomic E-state index is 0.474. The van der Waals surface area contributed by atoms with Crippen molar-refractivity contribution in [3.05, 3.63) is 28.8 Å². The summed E-state index contributed by atoms with van der Waals surface area (Å²) in [6.07, 6.45) is 2.26. The maximum atomic E-state index is 5.78.